The normalized spacial score (nSPS) is 16.8. The van der Waals surface area contributed by atoms with Crippen LogP contribution in [-0.2, 0) is 9.59 Å². The van der Waals surface area contributed by atoms with E-state index in [2.05, 4.69) is 15.4 Å². The van der Waals surface area contributed by atoms with Gasteiger partial charge in [-0.25, -0.2) is 9.37 Å². The smallest absolute Gasteiger partial charge is 0.273 e. The standard InChI is InChI=1S/C15H14FN5O2S/c1-8-7-24-15(18-8)19-14(23)11-6-12(13(17)22)21(20-11)10-4-2-9(16)3-5-10/h2-5,7,12H,6H2,1H3,(H2,17,22)(H,18,19,23)/t12-/m1/s1. The van der Waals surface area contributed by atoms with Crippen molar-refractivity contribution < 1.29 is 14.0 Å². The summed E-state index contributed by atoms with van der Waals surface area (Å²) in [7, 11) is 0. The van der Waals surface area contributed by atoms with Crippen LogP contribution in [0.4, 0.5) is 15.2 Å². The third-order valence-electron chi connectivity index (χ3n) is 3.43. The molecule has 7 nitrogen and oxygen atoms in total. The number of anilines is 2. The van der Waals surface area contributed by atoms with Gasteiger partial charge in [-0.2, -0.15) is 5.10 Å². The molecule has 1 aliphatic heterocycles. The van der Waals surface area contributed by atoms with E-state index in [1.54, 1.807) is 0 Å². The molecule has 3 rings (SSSR count). The maximum Gasteiger partial charge on any atom is 0.273 e. The van der Waals surface area contributed by atoms with E-state index in [-0.39, 0.29) is 12.1 Å². The highest BCUT2D eigenvalue weighted by Crippen LogP contribution is 2.25. The molecular weight excluding hydrogens is 333 g/mol. The monoisotopic (exact) mass is 347 g/mol. The summed E-state index contributed by atoms with van der Waals surface area (Å²) in [6.07, 6.45) is 0.0723. The van der Waals surface area contributed by atoms with Crippen LogP contribution in [0.3, 0.4) is 0 Å². The number of aromatic nitrogens is 1. The molecule has 24 heavy (non-hydrogen) atoms. The minimum absolute atomic E-state index is 0.0723. The quantitative estimate of drug-likeness (QED) is 0.878. The van der Waals surface area contributed by atoms with Crippen LogP contribution in [0.2, 0.25) is 0 Å². The predicted molar refractivity (Wildman–Crippen MR) is 89.4 cm³/mol. The molecule has 0 unspecified atom stereocenters. The minimum atomic E-state index is -0.797. The van der Waals surface area contributed by atoms with Crippen molar-refractivity contribution in [3.05, 3.63) is 41.2 Å². The van der Waals surface area contributed by atoms with Crippen LogP contribution < -0.4 is 16.1 Å². The Kier molecular flexibility index (Phi) is 4.26. The van der Waals surface area contributed by atoms with Crippen LogP contribution >= 0.6 is 11.3 Å². The van der Waals surface area contributed by atoms with Crippen LogP contribution in [0, 0.1) is 12.7 Å². The fourth-order valence-electron chi connectivity index (χ4n) is 2.28. The minimum Gasteiger partial charge on any atom is -0.368 e. The molecule has 2 amide bonds. The zero-order valence-electron chi connectivity index (χ0n) is 12.7. The number of carbonyl (C=O) groups excluding carboxylic acids is 2. The molecule has 1 aromatic heterocycles. The Morgan fingerprint density at radius 1 is 1.38 bits per heavy atom. The van der Waals surface area contributed by atoms with Gasteiger partial charge in [-0.3, -0.25) is 19.9 Å². The van der Waals surface area contributed by atoms with E-state index in [1.165, 1.54) is 40.6 Å². The number of hydrazone groups is 1. The first-order chi connectivity index (χ1) is 11.4. The number of nitrogens with zero attached hydrogens (tertiary/aromatic N) is 3. The van der Waals surface area contributed by atoms with Crippen molar-refractivity contribution in [3.8, 4) is 0 Å². The lowest BCUT2D eigenvalue weighted by molar-refractivity contribution is -0.119. The van der Waals surface area contributed by atoms with Crippen molar-refractivity contribution in [2.24, 2.45) is 10.8 Å². The van der Waals surface area contributed by atoms with Crippen LogP contribution in [0.15, 0.2) is 34.7 Å². The maximum atomic E-state index is 13.1. The number of rotatable bonds is 4. The summed E-state index contributed by atoms with van der Waals surface area (Å²) in [5, 5.41) is 10.4. The van der Waals surface area contributed by atoms with E-state index < -0.39 is 23.7 Å². The highest BCUT2D eigenvalue weighted by atomic mass is 32.1. The molecule has 124 valence electrons. The lowest BCUT2D eigenvalue weighted by Gasteiger charge is -2.20. The first-order valence-electron chi connectivity index (χ1n) is 7.09. The summed E-state index contributed by atoms with van der Waals surface area (Å²) in [4.78, 5) is 28.1. The van der Waals surface area contributed by atoms with E-state index in [1.807, 2.05) is 12.3 Å². The molecule has 0 saturated carbocycles. The van der Waals surface area contributed by atoms with E-state index in [9.17, 15) is 14.0 Å². The second kappa shape index (κ2) is 6.36. The van der Waals surface area contributed by atoms with Gasteiger partial charge in [0.1, 0.15) is 17.6 Å². The summed E-state index contributed by atoms with van der Waals surface area (Å²) in [6, 6.07) is 4.65. The SMILES string of the molecule is Cc1csc(NC(=O)C2=NN(c3ccc(F)cc3)[C@@H](C(N)=O)C2)n1. The van der Waals surface area contributed by atoms with Gasteiger partial charge in [-0.05, 0) is 31.2 Å². The van der Waals surface area contributed by atoms with Gasteiger partial charge in [0, 0.05) is 11.8 Å². The average molecular weight is 347 g/mol. The highest BCUT2D eigenvalue weighted by molar-refractivity contribution is 7.14. The molecule has 0 spiro atoms. The Hall–Kier alpha value is -2.81. The summed E-state index contributed by atoms with van der Waals surface area (Å²) < 4.78 is 13.1. The van der Waals surface area contributed by atoms with Crippen molar-refractivity contribution in [3.63, 3.8) is 0 Å². The Morgan fingerprint density at radius 2 is 2.08 bits per heavy atom. The zero-order chi connectivity index (χ0) is 17.3. The van der Waals surface area contributed by atoms with E-state index in [4.69, 9.17) is 5.73 Å². The summed E-state index contributed by atoms with van der Waals surface area (Å²) in [5.41, 5.74) is 6.84. The molecule has 0 fully saturated rings. The zero-order valence-corrected chi connectivity index (χ0v) is 13.5. The predicted octanol–water partition coefficient (Wildman–Crippen LogP) is 1.65. The molecule has 1 atom stereocenters. The van der Waals surface area contributed by atoms with Crippen LogP contribution in [0.5, 0.6) is 0 Å². The van der Waals surface area contributed by atoms with Crippen molar-refractivity contribution in [1.82, 2.24) is 4.98 Å². The van der Waals surface area contributed by atoms with Gasteiger partial charge in [-0.15, -0.1) is 11.3 Å². The molecule has 0 aliphatic carbocycles. The van der Waals surface area contributed by atoms with E-state index in [0.717, 1.165) is 5.69 Å². The average Bonchev–Trinajstić information content (AvgIpc) is 3.15. The van der Waals surface area contributed by atoms with Gasteiger partial charge >= 0.3 is 0 Å². The summed E-state index contributed by atoms with van der Waals surface area (Å²) in [6.45, 7) is 1.82. The van der Waals surface area contributed by atoms with Crippen molar-refractivity contribution >= 4 is 39.7 Å². The number of nitrogens with one attached hydrogen (secondary N) is 1. The molecular formula is C15H14FN5O2S. The Labute approximate surface area is 141 Å². The second-order valence-corrected chi connectivity index (χ2v) is 6.10. The number of halogens is 1. The first kappa shape index (κ1) is 16.1. The van der Waals surface area contributed by atoms with Crippen LogP contribution in [0.1, 0.15) is 12.1 Å². The number of nitrogens with two attached hydrogens (primary N) is 1. The molecule has 1 aliphatic rings. The molecule has 3 N–H and O–H groups in total. The third-order valence-corrected chi connectivity index (χ3v) is 4.31. The summed E-state index contributed by atoms with van der Waals surface area (Å²) in [5.74, 6) is -1.47. The number of hydrogen-bond acceptors (Lipinski definition) is 6. The number of primary amides is 1. The Morgan fingerprint density at radius 3 is 2.67 bits per heavy atom. The Bertz CT molecular complexity index is 818. The van der Waals surface area contributed by atoms with Crippen LogP contribution in [-0.4, -0.2) is 28.6 Å². The van der Waals surface area contributed by atoms with Gasteiger partial charge in [0.05, 0.1) is 11.4 Å². The Balaban J connectivity index is 1.83. The molecule has 0 bridgehead atoms. The van der Waals surface area contributed by atoms with Crippen molar-refractivity contribution in [1.29, 1.82) is 0 Å². The number of carbonyl (C=O) groups is 2. The fraction of sp³-hybridized carbons (Fsp3) is 0.200. The van der Waals surface area contributed by atoms with Gasteiger partial charge < -0.3 is 5.73 Å². The number of benzene rings is 1. The molecule has 2 aromatic rings. The number of hydrogen-bond donors (Lipinski definition) is 2. The lowest BCUT2D eigenvalue weighted by Crippen LogP contribution is -2.39. The molecule has 1 aromatic carbocycles. The second-order valence-electron chi connectivity index (χ2n) is 5.24. The number of thiazole rings is 1. The van der Waals surface area contributed by atoms with Gasteiger partial charge in [-0.1, -0.05) is 0 Å². The molecule has 2 heterocycles. The van der Waals surface area contributed by atoms with Crippen LogP contribution in [0.25, 0.3) is 0 Å². The van der Waals surface area contributed by atoms with Gasteiger partial charge in [0.2, 0.25) is 5.91 Å². The van der Waals surface area contributed by atoms with Crippen molar-refractivity contribution in [2.75, 3.05) is 10.3 Å². The lowest BCUT2D eigenvalue weighted by atomic mass is 10.1. The molecule has 9 heteroatoms. The van der Waals surface area contributed by atoms with E-state index in [0.29, 0.717) is 10.8 Å². The van der Waals surface area contributed by atoms with Gasteiger partial charge in [0.15, 0.2) is 5.13 Å². The third kappa shape index (κ3) is 3.25. The summed E-state index contributed by atoms with van der Waals surface area (Å²) >= 11 is 1.30. The molecule has 0 saturated heterocycles. The highest BCUT2D eigenvalue weighted by Gasteiger charge is 2.35. The first-order valence-corrected chi connectivity index (χ1v) is 7.97. The fourth-order valence-corrected chi connectivity index (χ4v) is 2.96. The molecule has 0 radical (unpaired) electrons. The van der Waals surface area contributed by atoms with Gasteiger partial charge in [0.25, 0.3) is 5.91 Å². The maximum absolute atomic E-state index is 13.1. The largest absolute Gasteiger partial charge is 0.368 e. The number of aryl methyl sites for hydroxylation is 1. The van der Waals surface area contributed by atoms with Crippen molar-refractivity contribution in [2.45, 2.75) is 19.4 Å². The van der Waals surface area contributed by atoms with E-state index >= 15 is 0 Å². The topological polar surface area (TPSA) is 101 Å². The number of amides is 2.